The summed E-state index contributed by atoms with van der Waals surface area (Å²) in [6, 6.07) is 16.0. The third-order valence-corrected chi connectivity index (χ3v) is 6.04. The highest BCUT2D eigenvalue weighted by molar-refractivity contribution is 8.18. The van der Waals surface area contributed by atoms with Crippen molar-refractivity contribution in [3.8, 4) is 5.75 Å². The largest absolute Gasteiger partial charge is 0.489 e. The van der Waals surface area contributed by atoms with Gasteiger partial charge in [0.1, 0.15) is 12.4 Å². The molecule has 146 valence electrons. The number of benzene rings is 2. The van der Waals surface area contributed by atoms with Gasteiger partial charge in [-0.3, -0.25) is 9.69 Å². The Morgan fingerprint density at radius 2 is 1.90 bits per heavy atom. The second kappa shape index (κ2) is 8.63. The highest BCUT2D eigenvalue weighted by Crippen LogP contribution is 2.33. The molecule has 1 aliphatic rings. The number of rotatable bonds is 5. The van der Waals surface area contributed by atoms with E-state index in [9.17, 15) is 4.79 Å². The first kappa shape index (κ1) is 19.4. The van der Waals surface area contributed by atoms with Crippen LogP contribution in [0.15, 0.2) is 70.0 Å². The molecule has 0 N–H and O–H groups in total. The molecule has 5 nitrogen and oxygen atoms in total. The van der Waals surface area contributed by atoms with E-state index in [0.29, 0.717) is 21.8 Å². The van der Waals surface area contributed by atoms with Gasteiger partial charge in [0.05, 0.1) is 4.91 Å². The fraction of sp³-hybridized carbons (Fsp3) is 0.136. The second-order valence-corrected chi connectivity index (χ2v) is 8.41. The van der Waals surface area contributed by atoms with Crippen LogP contribution in [0.5, 0.6) is 5.75 Å². The standard InChI is InChI=1S/C22H19N3O2S2/c1-15-3-5-17(6-4-15)14-27-18-9-7-16(8-10-18)13-19-20(26)25(2)22(29-19)24-21-23-11-12-28-21/h3-13H,14H2,1-2H3/b19-13-,24-22+. The fourth-order valence-corrected chi connectivity index (χ4v) is 4.20. The summed E-state index contributed by atoms with van der Waals surface area (Å²) in [5.41, 5.74) is 3.30. The SMILES string of the molecule is Cc1ccc(COc2ccc(/C=C3\S/C(=N/c4nccs4)N(C)C3=O)cc2)cc1. The van der Waals surface area contributed by atoms with E-state index in [4.69, 9.17) is 4.74 Å². The number of carbonyl (C=O) groups excluding carboxylic acids is 1. The second-order valence-electron chi connectivity index (χ2n) is 6.53. The molecule has 3 aromatic rings. The molecule has 0 aliphatic carbocycles. The van der Waals surface area contributed by atoms with Crippen molar-refractivity contribution in [3.05, 3.63) is 81.7 Å². The molecule has 1 aliphatic heterocycles. The summed E-state index contributed by atoms with van der Waals surface area (Å²) in [5, 5.41) is 3.14. The molecule has 2 heterocycles. The van der Waals surface area contributed by atoms with Crippen molar-refractivity contribution in [1.82, 2.24) is 9.88 Å². The molecular formula is C22H19N3O2S2. The zero-order valence-electron chi connectivity index (χ0n) is 16.0. The van der Waals surface area contributed by atoms with Gasteiger partial charge in [0.2, 0.25) is 5.13 Å². The van der Waals surface area contributed by atoms with Crippen molar-refractivity contribution in [3.63, 3.8) is 0 Å². The summed E-state index contributed by atoms with van der Waals surface area (Å²) in [6.07, 6.45) is 3.57. The Hall–Kier alpha value is -2.90. The summed E-state index contributed by atoms with van der Waals surface area (Å²) in [7, 11) is 1.73. The van der Waals surface area contributed by atoms with Gasteiger partial charge >= 0.3 is 0 Å². The normalized spacial score (nSPS) is 16.8. The van der Waals surface area contributed by atoms with Crippen LogP contribution >= 0.6 is 23.1 Å². The topological polar surface area (TPSA) is 54.8 Å². The Balaban J connectivity index is 1.43. The minimum Gasteiger partial charge on any atom is -0.489 e. The van der Waals surface area contributed by atoms with Crippen LogP contribution in [0.25, 0.3) is 6.08 Å². The highest BCUT2D eigenvalue weighted by Gasteiger charge is 2.30. The maximum Gasteiger partial charge on any atom is 0.266 e. The van der Waals surface area contributed by atoms with Crippen molar-refractivity contribution < 1.29 is 9.53 Å². The number of aromatic nitrogens is 1. The molecule has 2 aromatic carbocycles. The zero-order chi connectivity index (χ0) is 20.2. The van der Waals surface area contributed by atoms with Gasteiger partial charge in [-0.25, -0.2) is 4.98 Å². The number of aliphatic imine (C=N–C) groups is 1. The van der Waals surface area contributed by atoms with E-state index >= 15 is 0 Å². The first-order valence-electron chi connectivity index (χ1n) is 9.03. The Labute approximate surface area is 177 Å². The molecule has 1 amide bonds. The Kier molecular flexibility index (Phi) is 5.78. The lowest BCUT2D eigenvalue weighted by Crippen LogP contribution is -2.23. The van der Waals surface area contributed by atoms with Gasteiger partial charge in [0, 0.05) is 18.6 Å². The number of thiazole rings is 1. The summed E-state index contributed by atoms with van der Waals surface area (Å²) in [4.78, 5) is 23.3. The van der Waals surface area contributed by atoms with Crippen molar-refractivity contribution in [2.45, 2.75) is 13.5 Å². The minimum absolute atomic E-state index is 0.0648. The number of hydrogen-bond donors (Lipinski definition) is 0. The van der Waals surface area contributed by atoms with E-state index in [1.807, 2.05) is 35.7 Å². The van der Waals surface area contributed by atoms with E-state index in [1.165, 1.54) is 28.7 Å². The molecular weight excluding hydrogens is 402 g/mol. The lowest BCUT2D eigenvalue weighted by molar-refractivity contribution is -0.121. The summed E-state index contributed by atoms with van der Waals surface area (Å²) in [6.45, 7) is 2.59. The number of nitrogens with zero attached hydrogens (tertiary/aromatic N) is 3. The number of aryl methyl sites for hydroxylation is 1. The first-order chi connectivity index (χ1) is 14.1. The number of amides is 1. The van der Waals surface area contributed by atoms with Gasteiger partial charge in [-0.15, -0.1) is 11.3 Å². The number of ether oxygens (including phenoxy) is 1. The molecule has 1 saturated heterocycles. The van der Waals surface area contributed by atoms with Crippen LogP contribution in [0.1, 0.15) is 16.7 Å². The van der Waals surface area contributed by atoms with Crippen LogP contribution in [-0.2, 0) is 11.4 Å². The van der Waals surface area contributed by atoms with E-state index in [-0.39, 0.29) is 5.91 Å². The van der Waals surface area contributed by atoms with Crippen LogP contribution in [0, 0.1) is 6.92 Å². The van der Waals surface area contributed by atoms with Crippen LogP contribution in [0.2, 0.25) is 0 Å². The van der Waals surface area contributed by atoms with Gasteiger partial charge in [-0.2, -0.15) is 4.99 Å². The molecule has 0 radical (unpaired) electrons. The summed E-state index contributed by atoms with van der Waals surface area (Å²) < 4.78 is 5.84. The van der Waals surface area contributed by atoms with E-state index in [1.54, 1.807) is 18.1 Å². The van der Waals surface area contributed by atoms with Gasteiger partial charge in [-0.1, -0.05) is 42.0 Å². The molecule has 7 heteroatoms. The molecule has 1 aromatic heterocycles. The molecule has 0 spiro atoms. The fourth-order valence-electron chi connectivity index (χ4n) is 2.67. The van der Waals surface area contributed by atoms with Crippen LogP contribution in [0.4, 0.5) is 5.13 Å². The van der Waals surface area contributed by atoms with Crippen LogP contribution in [-0.4, -0.2) is 28.0 Å². The maximum absolute atomic E-state index is 12.5. The van der Waals surface area contributed by atoms with Gasteiger partial charge in [0.25, 0.3) is 5.91 Å². The van der Waals surface area contributed by atoms with Crippen molar-refractivity contribution in [2.75, 3.05) is 7.05 Å². The number of carbonyl (C=O) groups is 1. The van der Waals surface area contributed by atoms with Crippen molar-refractivity contribution in [1.29, 1.82) is 0 Å². The van der Waals surface area contributed by atoms with Crippen LogP contribution < -0.4 is 4.74 Å². The van der Waals surface area contributed by atoms with Gasteiger partial charge in [0.15, 0.2) is 5.17 Å². The minimum atomic E-state index is -0.0648. The third-order valence-electron chi connectivity index (χ3n) is 4.32. The summed E-state index contributed by atoms with van der Waals surface area (Å²) in [5.74, 6) is 0.728. The maximum atomic E-state index is 12.5. The van der Waals surface area contributed by atoms with Crippen molar-refractivity contribution >= 4 is 45.4 Å². The average Bonchev–Trinajstić information content (AvgIpc) is 3.33. The Morgan fingerprint density at radius 1 is 1.14 bits per heavy atom. The Bertz CT molecular complexity index is 1060. The molecule has 0 saturated carbocycles. The molecule has 1 fully saturated rings. The quantitative estimate of drug-likeness (QED) is 0.527. The molecule has 0 atom stereocenters. The van der Waals surface area contributed by atoms with Crippen molar-refractivity contribution in [2.24, 2.45) is 4.99 Å². The van der Waals surface area contributed by atoms with Gasteiger partial charge in [-0.05, 0) is 48.0 Å². The highest BCUT2D eigenvalue weighted by atomic mass is 32.2. The molecule has 29 heavy (non-hydrogen) atoms. The van der Waals surface area contributed by atoms with E-state index in [2.05, 4.69) is 41.2 Å². The monoisotopic (exact) mass is 421 g/mol. The predicted molar refractivity (Wildman–Crippen MR) is 120 cm³/mol. The number of thioether (sulfide) groups is 1. The lowest BCUT2D eigenvalue weighted by Gasteiger charge is -2.07. The predicted octanol–water partition coefficient (Wildman–Crippen LogP) is 5.26. The zero-order valence-corrected chi connectivity index (χ0v) is 17.7. The molecule has 0 bridgehead atoms. The lowest BCUT2D eigenvalue weighted by atomic mass is 10.1. The number of hydrogen-bond acceptors (Lipinski definition) is 6. The Morgan fingerprint density at radius 3 is 2.59 bits per heavy atom. The number of likely N-dealkylation sites (N-methyl/N-ethyl adjacent to an activating group) is 1. The van der Waals surface area contributed by atoms with Gasteiger partial charge < -0.3 is 4.74 Å². The average molecular weight is 422 g/mol. The third kappa shape index (κ3) is 4.75. The first-order valence-corrected chi connectivity index (χ1v) is 10.7. The van der Waals surface area contributed by atoms with E-state index < -0.39 is 0 Å². The summed E-state index contributed by atoms with van der Waals surface area (Å²) >= 11 is 2.80. The molecule has 4 rings (SSSR count). The van der Waals surface area contributed by atoms with Crippen LogP contribution in [0.3, 0.4) is 0 Å². The van der Waals surface area contributed by atoms with E-state index in [0.717, 1.165) is 16.9 Å². The molecule has 0 unspecified atom stereocenters. The smallest absolute Gasteiger partial charge is 0.266 e. The number of amidine groups is 1.